The third kappa shape index (κ3) is 4.82. The van der Waals surface area contributed by atoms with Crippen LogP contribution in [0, 0.1) is 0 Å². The second-order valence-electron chi connectivity index (χ2n) is 5.84. The Bertz CT molecular complexity index is 368. The second kappa shape index (κ2) is 8.74. The van der Waals surface area contributed by atoms with Gasteiger partial charge >= 0.3 is 0 Å². The van der Waals surface area contributed by atoms with Crippen molar-refractivity contribution >= 4 is 11.8 Å². The van der Waals surface area contributed by atoms with Crippen LogP contribution in [0.5, 0.6) is 0 Å². The van der Waals surface area contributed by atoms with E-state index in [0.717, 1.165) is 18.2 Å². The Balaban J connectivity index is 1.97. The maximum Gasteiger partial charge on any atom is 0.0226 e. The third-order valence-corrected chi connectivity index (χ3v) is 5.72. The van der Waals surface area contributed by atoms with Crippen LogP contribution < -0.4 is 5.32 Å². The maximum atomic E-state index is 3.80. The molecule has 1 nitrogen and oxygen atoms in total. The van der Waals surface area contributed by atoms with Gasteiger partial charge in [0.15, 0.2) is 0 Å². The standard InChI is InChI=1S/C18H29NS/c1-3-12-19-17(18-7-5-6-13-20-18)14-16-10-8-15(4-2)9-11-16/h8-11,17-19H,3-7,12-14H2,1-2H3. The van der Waals surface area contributed by atoms with Gasteiger partial charge < -0.3 is 5.32 Å². The molecule has 1 heterocycles. The number of hydrogen-bond acceptors (Lipinski definition) is 2. The van der Waals surface area contributed by atoms with Gasteiger partial charge in [-0.25, -0.2) is 0 Å². The molecule has 1 aliphatic heterocycles. The lowest BCUT2D eigenvalue weighted by Gasteiger charge is -2.31. The van der Waals surface area contributed by atoms with Crippen molar-refractivity contribution in [2.75, 3.05) is 12.3 Å². The van der Waals surface area contributed by atoms with Gasteiger partial charge in [0, 0.05) is 11.3 Å². The average molecular weight is 292 g/mol. The Morgan fingerprint density at radius 3 is 2.50 bits per heavy atom. The molecule has 2 atom stereocenters. The predicted molar refractivity (Wildman–Crippen MR) is 91.7 cm³/mol. The number of hydrogen-bond donors (Lipinski definition) is 1. The summed E-state index contributed by atoms with van der Waals surface area (Å²) < 4.78 is 0. The molecule has 2 heteroatoms. The molecule has 0 saturated carbocycles. The van der Waals surface area contributed by atoms with Crippen LogP contribution in [0.2, 0.25) is 0 Å². The van der Waals surface area contributed by atoms with Crippen LogP contribution in [-0.2, 0) is 12.8 Å². The average Bonchev–Trinajstić information content (AvgIpc) is 2.53. The molecule has 0 aromatic heterocycles. The van der Waals surface area contributed by atoms with E-state index in [0.29, 0.717) is 6.04 Å². The molecule has 20 heavy (non-hydrogen) atoms. The highest BCUT2D eigenvalue weighted by Gasteiger charge is 2.23. The summed E-state index contributed by atoms with van der Waals surface area (Å²) in [5, 5.41) is 4.60. The van der Waals surface area contributed by atoms with Crippen LogP contribution in [-0.4, -0.2) is 23.6 Å². The molecule has 2 rings (SSSR count). The van der Waals surface area contributed by atoms with E-state index in [1.165, 1.54) is 49.0 Å². The molecular formula is C18H29NS. The van der Waals surface area contributed by atoms with Crippen molar-refractivity contribution in [2.24, 2.45) is 0 Å². The Hall–Kier alpha value is -0.470. The number of rotatable bonds is 7. The van der Waals surface area contributed by atoms with Crippen LogP contribution in [0.15, 0.2) is 24.3 Å². The van der Waals surface area contributed by atoms with Gasteiger partial charge in [0.05, 0.1) is 0 Å². The zero-order valence-electron chi connectivity index (χ0n) is 13.0. The summed E-state index contributed by atoms with van der Waals surface area (Å²) in [4.78, 5) is 0. The summed E-state index contributed by atoms with van der Waals surface area (Å²) >= 11 is 2.19. The summed E-state index contributed by atoms with van der Waals surface area (Å²) in [6.45, 7) is 5.63. The molecule has 2 unspecified atom stereocenters. The highest BCUT2D eigenvalue weighted by Crippen LogP contribution is 2.29. The lowest BCUT2D eigenvalue weighted by atomic mass is 9.98. The van der Waals surface area contributed by atoms with E-state index >= 15 is 0 Å². The fourth-order valence-electron chi connectivity index (χ4n) is 2.91. The Labute approximate surface area is 128 Å². The van der Waals surface area contributed by atoms with E-state index < -0.39 is 0 Å². The smallest absolute Gasteiger partial charge is 0.0226 e. The summed E-state index contributed by atoms with van der Waals surface area (Å²) in [6, 6.07) is 9.88. The van der Waals surface area contributed by atoms with Crippen LogP contribution >= 0.6 is 11.8 Å². The summed E-state index contributed by atoms with van der Waals surface area (Å²) in [7, 11) is 0. The molecule has 1 aromatic carbocycles. The van der Waals surface area contributed by atoms with Crippen molar-refractivity contribution in [3.05, 3.63) is 35.4 Å². The third-order valence-electron chi connectivity index (χ3n) is 4.21. The minimum atomic E-state index is 0.646. The predicted octanol–water partition coefficient (Wildman–Crippen LogP) is 4.45. The van der Waals surface area contributed by atoms with Crippen molar-refractivity contribution in [2.45, 2.75) is 63.7 Å². The molecule has 1 aromatic rings. The Morgan fingerprint density at radius 1 is 1.15 bits per heavy atom. The van der Waals surface area contributed by atoms with Gasteiger partial charge in [0.2, 0.25) is 0 Å². The lowest BCUT2D eigenvalue weighted by molar-refractivity contribution is 0.461. The molecule has 1 N–H and O–H groups in total. The van der Waals surface area contributed by atoms with E-state index in [4.69, 9.17) is 0 Å². The van der Waals surface area contributed by atoms with E-state index in [1.54, 1.807) is 0 Å². The van der Waals surface area contributed by atoms with Crippen LogP contribution in [0.1, 0.15) is 50.7 Å². The molecule has 0 amide bonds. The lowest BCUT2D eigenvalue weighted by Crippen LogP contribution is -2.41. The van der Waals surface area contributed by atoms with Gasteiger partial charge in [-0.05, 0) is 55.5 Å². The van der Waals surface area contributed by atoms with Crippen LogP contribution in [0.25, 0.3) is 0 Å². The normalized spacial score (nSPS) is 20.8. The molecule has 1 fully saturated rings. The first-order valence-electron chi connectivity index (χ1n) is 8.26. The molecule has 0 bridgehead atoms. The SMILES string of the molecule is CCCNC(Cc1ccc(CC)cc1)C1CCCCS1. The van der Waals surface area contributed by atoms with Crippen molar-refractivity contribution in [3.63, 3.8) is 0 Å². The minimum absolute atomic E-state index is 0.646. The zero-order valence-corrected chi connectivity index (χ0v) is 13.8. The van der Waals surface area contributed by atoms with Crippen molar-refractivity contribution < 1.29 is 0 Å². The van der Waals surface area contributed by atoms with Gasteiger partial charge in [-0.1, -0.05) is 44.5 Å². The van der Waals surface area contributed by atoms with Crippen LogP contribution in [0.3, 0.4) is 0 Å². The zero-order chi connectivity index (χ0) is 14.2. The molecule has 112 valence electrons. The first-order valence-corrected chi connectivity index (χ1v) is 9.31. The Kier molecular flexibility index (Phi) is 6.95. The minimum Gasteiger partial charge on any atom is -0.313 e. The fraction of sp³-hybridized carbons (Fsp3) is 0.667. The second-order valence-corrected chi connectivity index (χ2v) is 7.19. The molecule has 0 aliphatic carbocycles. The summed E-state index contributed by atoms with van der Waals surface area (Å²) in [5.41, 5.74) is 2.93. The highest BCUT2D eigenvalue weighted by molar-refractivity contribution is 8.00. The summed E-state index contributed by atoms with van der Waals surface area (Å²) in [6.07, 6.45) is 7.75. The maximum absolute atomic E-state index is 3.80. The molecule has 0 spiro atoms. The molecular weight excluding hydrogens is 262 g/mol. The van der Waals surface area contributed by atoms with E-state index in [9.17, 15) is 0 Å². The van der Waals surface area contributed by atoms with Crippen LogP contribution in [0.4, 0.5) is 0 Å². The number of aryl methyl sites for hydroxylation is 1. The number of thioether (sulfide) groups is 1. The van der Waals surface area contributed by atoms with E-state index in [-0.39, 0.29) is 0 Å². The summed E-state index contributed by atoms with van der Waals surface area (Å²) in [5.74, 6) is 1.35. The van der Waals surface area contributed by atoms with E-state index in [2.05, 4.69) is 55.2 Å². The number of benzene rings is 1. The number of nitrogens with one attached hydrogen (secondary N) is 1. The molecule has 1 saturated heterocycles. The monoisotopic (exact) mass is 291 g/mol. The first kappa shape index (κ1) is 15.9. The van der Waals surface area contributed by atoms with Crippen molar-refractivity contribution in [1.82, 2.24) is 5.32 Å². The largest absolute Gasteiger partial charge is 0.313 e. The molecule has 1 aliphatic rings. The highest BCUT2D eigenvalue weighted by atomic mass is 32.2. The van der Waals surface area contributed by atoms with Gasteiger partial charge in [0.1, 0.15) is 0 Å². The topological polar surface area (TPSA) is 12.0 Å². The fourth-order valence-corrected chi connectivity index (χ4v) is 4.34. The van der Waals surface area contributed by atoms with Gasteiger partial charge in [-0.2, -0.15) is 11.8 Å². The Morgan fingerprint density at radius 2 is 1.90 bits per heavy atom. The quantitative estimate of drug-likeness (QED) is 0.797. The van der Waals surface area contributed by atoms with Gasteiger partial charge in [0.25, 0.3) is 0 Å². The van der Waals surface area contributed by atoms with Crippen molar-refractivity contribution in [3.8, 4) is 0 Å². The first-order chi connectivity index (χ1) is 9.83. The van der Waals surface area contributed by atoms with Gasteiger partial charge in [-0.3, -0.25) is 0 Å². The van der Waals surface area contributed by atoms with Crippen molar-refractivity contribution in [1.29, 1.82) is 0 Å². The van der Waals surface area contributed by atoms with E-state index in [1.807, 2.05) is 0 Å². The molecule has 0 radical (unpaired) electrons. The van der Waals surface area contributed by atoms with Gasteiger partial charge in [-0.15, -0.1) is 0 Å².